The topological polar surface area (TPSA) is 55.8 Å². The summed E-state index contributed by atoms with van der Waals surface area (Å²) in [7, 11) is -2.00. The summed E-state index contributed by atoms with van der Waals surface area (Å²) in [6, 6.07) is 3.41. The first kappa shape index (κ1) is 18.2. The van der Waals surface area contributed by atoms with Gasteiger partial charge in [0.05, 0.1) is 24.2 Å². The lowest BCUT2D eigenvalue weighted by Gasteiger charge is -2.42. The molecule has 1 aromatic carbocycles. The number of nitrogens with zero attached hydrogens (tertiary/aromatic N) is 1. The molecule has 1 fully saturated rings. The molecule has 23 heavy (non-hydrogen) atoms. The highest BCUT2D eigenvalue weighted by molar-refractivity contribution is 7.89. The van der Waals surface area contributed by atoms with Crippen molar-refractivity contribution in [3.63, 3.8) is 0 Å². The minimum absolute atomic E-state index is 0.131. The smallest absolute Gasteiger partial charge is 0.244 e. The quantitative estimate of drug-likeness (QED) is 0.845. The predicted octanol–water partition coefficient (Wildman–Crippen LogP) is 2.89. The van der Waals surface area contributed by atoms with Gasteiger partial charge in [-0.05, 0) is 57.4 Å². The molecular formula is C17H27NO4S. The lowest BCUT2D eigenvalue weighted by atomic mass is 10.1. The first-order valence-electron chi connectivity index (χ1n) is 7.93. The molecule has 6 heteroatoms. The second-order valence-electron chi connectivity index (χ2n) is 6.77. The van der Waals surface area contributed by atoms with E-state index in [-0.39, 0.29) is 6.04 Å². The molecule has 1 aliphatic heterocycles. The van der Waals surface area contributed by atoms with Gasteiger partial charge in [0.25, 0.3) is 0 Å². The van der Waals surface area contributed by atoms with Gasteiger partial charge in [-0.2, -0.15) is 4.31 Å². The third-order valence-electron chi connectivity index (χ3n) is 4.32. The molecule has 1 aliphatic rings. The number of ether oxygens (including phenoxy) is 2. The Kier molecular flexibility index (Phi) is 5.09. The van der Waals surface area contributed by atoms with E-state index in [1.807, 2.05) is 34.6 Å². The van der Waals surface area contributed by atoms with Gasteiger partial charge in [-0.3, -0.25) is 0 Å². The lowest BCUT2D eigenvalue weighted by molar-refractivity contribution is -0.0892. The van der Waals surface area contributed by atoms with Gasteiger partial charge in [-0.15, -0.1) is 0 Å². The SMILES string of the molecule is CC[C@@H]1COC(C)(C)CN1S(=O)(=O)c1c(C)cc(OC)cc1C. The Hall–Kier alpha value is -1.11. The van der Waals surface area contributed by atoms with Crippen LogP contribution >= 0.6 is 0 Å². The van der Waals surface area contributed by atoms with Gasteiger partial charge in [0.15, 0.2) is 0 Å². The Morgan fingerprint density at radius 1 is 1.30 bits per heavy atom. The monoisotopic (exact) mass is 341 g/mol. The first-order chi connectivity index (χ1) is 10.6. The van der Waals surface area contributed by atoms with Gasteiger partial charge in [0, 0.05) is 12.6 Å². The van der Waals surface area contributed by atoms with Crippen molar-refractivity contribution in [2.75, 3.05) is 20.3 Å². The zero-order valence-electron chi connectivity index (χ0n) is 14.8. The molecule has 1 heterocycles. The summed E-state index contributed by atoms with van der Waals surface area (Å²) in [5, 5.41) is 0. The number of sulfonamides is 1. The van der Waals surface area contributed by atoms with Crippen molar-refractivity contribution in [1.29, 1.82) is 0 Å². The zero-order valence-corrected chi connectivity index (χ0v) is 15.7. The maximum absolute atomic E-state index is 13.3. The number of rotatable bonds is 4. The second kappa shape index (κ2) is 6.42. The summed E-state index contributed by atoms with van der Waals surface area (Å²) in [6.45, 7) is 10.3. The fourth-order valence-electron chi connectivity index (χ4n) is 3.11. The van der Waals surface area contributed by atoms with Gasteiger partial charge in [-0.1, -0.05) is 6.92 Å². The van der Waals surface area contributed by atoms with E-state index in [1.54, 1.807) is 23.5 Å². The van der Waals surface area contributed by atoms with Crippen LogP contribution in [0.25, 0.3) is 0 Å². The van der Waals surface area contributed by atoms with E-state index in [4.69, 9.17) is 9.47 Å². The van der Waals surface area contributed by atoms with Crippen LogP contribution in [0.15, 0.2) is 17.0 Å². The van der Waals surface area contributed by atoms with E-state index < -0.39 is 15.6 Å². The molecule has 1 saturated heterocycles. The summed E-state index contributed by atoms with van der Waals surface area (Å²) in [6.07, 6.45) is 0.726. The highest BCUT2D eigenvalue weighted by Gasteiger charge is 2.41. The van der Waals surface area contributed by atoms with Gasteiger partial charge < -0.3 is 9.47 Å². The molecule has 0 N–H and O–H groups in total. The number of hydrogen-bond acceptors (Lipinski definition) is 4. The molecule has 0 amide bonds. The summed E-state index contributed by atoms with van der Waals surface area (Å²) in [5.41, 5.74) is 0.939. The Bertz CT molecular complexity index is 659. The summed E-state index contributed by atoms with van der Waals surface area (Å²) >= 11 is 0. The normalized spacial score (nSPS) is 22.1. The third-order valence-corrected chi connectivity index (χ3v) is 6.52. The molecule has 0 unspecified atom stereocenters. The number of methoxy groups -OCH3 is 1. The molecule has 1 atom stereocenters. The molecule has 130 valence electrons. The maximum Gasteiger partial charge on any atom is 0.244 e. The second-order valence-corrected chi connectivity index (χ2v) is 8.60. The minimum Gasteiger partial charge on any atom is -0.497 e. The zero-order chi connectivity index (χ0) is 17.4. The van der Waals surface area contributed by atoms with Crippen molar-refractivity contribution < 1.29 is 17.9 Å². The van der Waals surface area contributed by atoms with Crippen LogP contribution in [0.3, 0.4) is 0 Å². The first-order valence-corrected chi connectivity index (χ1v) is 9.37. The molecule has 1 aromatic rings. The van der Waals surface area contributed by atoms with E-state index in [2.05, 4.69) is 0 Å². The van der Waals surface area contributed by atoms with E-state index in [0.29, 0.717) is 34.9 Å². The van der Waals surface area contributed by atoms with Crippen LogP contribution in [-0.2, 0) is 14.8 Å². The highest BCUT2D eigenvalue weighted by Crippen LogP contribution is 2.33. The summed E-state index contributed by atoms with van der Waals surface area (Å²) in [5.74, 6) is 0.674. The molecular weight excluding hydrogens is 314 g/mol. The van der Waals surface area contributed by atoms with Gasteiger partial charge in [0.1, 0.15) is 5.75 Å². The van der Waals surface area contributed by atoms with Crippen LogP contribution in [0, 0.1) is 13.8 Å². The van der Waals surface area contributed by atoms with Gasteiger partial charge >= 0.3 is 0 Å². The molecule has 0 aliphatic carbocycles. The average molecular weight is 341 g/mol. The largest absolute Gasteiger partial charge is 0.497 e. The predicted molar refractivity (Wildman–Crippen MR) is 90.5 cm³/mol. The van der Waals surface area contributed by atoms with Crippen LogP contribution < -0.4 is 4.74 Å². The Morgan fingerprint density at radius 3 is 2.35 bits per heavy atom. The number of morpholine rings is 1. The van der Waals surface area contributed by atoms with E-state index in [1.165, 1.54) is 0 Å². The fourth-order valence-corrected chi connectivity index (χ4v) is 5.36. The average Bonchev–Trinajstić information content (AvgIpc) is 2.45. The van der Waals surface area contributed by atoms with Crippen molar-refractivity contribution in [3.05, 3.63) is 23.3 Å². The van der Waals surface area contributed by atoms with Gasteiger partial charge in [-0.25, -0.2) is 8.42 Å². The molecule has 0 aromatic heterocycles. The van der Waals surface area contributed by atoms with E-state index in [0.717, 1.165) is 6.42 Å². The van der Waals surface area contributed by atoms with Crippen LogP contribution in [-0.4, -0.2) is 44.6 Å². The van der Waals surface area contributed by atoms with Crippen molar-refractivity contribution in [3.8, 4) is 5.75 Å². The maximum atomic E-state index is 13.3. The standard InChI is InChI=1S/C17H27NO4S/c1-7-14-10-22-17(4,5)11-18(14)23(19,20)16-12(2)8-15(21-6)9-13(16)3/h8-9,14H,7,10-11H2,1-6H3/t14-/m1/s1. The van der Waals surface area contributed by atoms with E-state index in [9.17, 15) is 8.42 Å². The van der Waals surface area contributed by atoms with Crippen molar-refractivity contribution >= 4 is 10.0 Å². The summed E-state index contributed by atoms with van der Waals surface area (Å²) < 4.78 is 39.3. The molecule has 0 bridgehead atoms. The molecule has 5 nitrogen and oxygen atoms in total. The highest BCUT2D eigenvalue weighted by atomic mass is 32.2. The summed E-state index contributed by atoms with van der Waals surface area (Å²) in [4.78, 5) is 0.384. The number of benzene rings is 1. The van der Waals surface area contributed by atoms with Crippen molar-refractivity contribution in [2.45, 2.75) is 57.6 Å². The molecule has 0 saturated carbocycles. The van der Waals surface area contributed by atoms with Crippen molar-refractivity contribution in [1.82, 2.24) is 4.31 Å². The fraction of sp³-hybridized carbons (Fsp3) is 0.647. The van der Waals surface area contributed by atoms with E-state index >= 15 is 0 Å². The molecule has 0 spiro atoms. The minimum atomic E-state index is -3.58. The third kappa shape index (κ3) is 3.54. The van der Waals surface area contributed by atoms with Crippen molar-refractivity contribution in [2.24, 2.45) is 0 Å². The van der Waals surface area contributed by atoms with Crippen LogP contribution in [0.1, 0.15) is 38.3 Å². The number of hydrogen-bond donors (Lipinski definition) is 0. The van der Waals surface area contributed by atoms with Crippen LogP contribution in [0.4, 0.5) is 0 Å². The van der Waals surface area contributed by atoms with Gasteiger partial charge in [0.2, 0.25) is 10.0 Å². The Labute approximate surface area is 139 Å². The molecule has 2 rings (SSSR count). The van der Waals surface area contributed by atoms with Crippen LogP contribution in [0.2, 0.25) is 0 Å². The Balaban J connectivity index is 2.52. The Morgan fingerprint density at radius 2 is 1.87 bits per heavy atom. The molecule has 0 radical (unpaired) electrons. The number of aryl methyl sites for hydroxylation is 2. The van der Waals surface area contributed by atoms with Crippen LogP contribution in [0.5, 0.6) is 5.75 Å². The lowest BCUT2D eigenvalue weighted by Crippen LogP contribution is -2.55.